The predicted molar refractivity (Wildman–Crippen MR) is 83.7 cm³/mol. The fourth-order valence-electron chi connectivity index (χ4n) is 3.24. The van der Waals surface area contributed by atoms with Crippen LogP contribution in [0.1, 0.15) is 48.8 Å². The summed E-state index contributed by atoms with van der Waals surface area (Å²) in [5, 5.41) is 8.12. The maximum atomic E-state index is 4.62. The summed E-state index contributed by atoms with van der Waals surface area (Å²) in [6, 6.07) is 0. The molecule has 5 nitrogen and oxygen atoms in total. The highest BCUT2D eigenvalue weighted by atomic mass is 15.3. The first-order valence-electron chi connectivity index (χ1n) is 8.01. The van der Waals surface area contributed by atoms with Crippen LogP contribution in [0.25, 0.3) is 5.82 Å². The normalized spacial score (nSPS) is 14.4. The first kappa shape index (κ1) is 14.3. The molecule has 0 amide bonds. The standard InChI is InChI=1S/C16H25N5/c1-4-9-17-10-13-12(2)19-20(3)16(13)21-11-18-14-7-5-6-8-15(14)21/h11,17H,4-10H2,1-3H3. The summed E-state index contributed by atoms with van der Waals surface area (Å²) in [7, 11) is 2.03. The number of rotatable bonds is 5. The Kier molecular flexibility index (Phi) is 4.10. The van der Waals surface area contributed by atoms with E-state index in [0.29, 0.717) is 0 Å². The summed E-state index contributed by atoms with van der Waals surface area (Å²) < 4.78 is 4.26. The van der Waals surface area contributed by atoms with Crippen molar-refractivity contribution in [3.05, 3.63) is 29.0 Å². The van der Waals surface area contributed by atoms with E-state index in [1.807, 2.05) is 18.1 Å². The summed E-state index contributed by atoms with van der Waals surface area (Å²) in [5.41, 5.74) is 5.04. The highest BCUT2D eigenvalue weighted by molar-refractivity contribution is 5.41. The van der Waals surface area contributed by atoms with Crippen molar-refractivity contribution >= 4 is 0 Å². The lowest BCUT2D eigenvalue weighted by Crippen LogP contribution is -2.17. The first-order valence-corrected chi connectivity index (χ1v) is 8.01. The molecule has 0 spiro atoms. The fraction of sp³-hybridized carbons (Fsp3) is 0.625. The van der Waals surface area contributed by atoms with Gasteiger partial charge in [-0.25, -0.2) is 4.98 Å². The van der Waals surface area contributed by atoms with Gasteiger partial charge in [0.15, 0.2) is 0 Å². The van der Waals surface area contributed by atoms with Gasteiger partial charge in [-0.1, -0.05) is 6.92 Å². The maximum Gasteiger partial charge on any atom is 0.140 e. The summed E-state index contributed by atoms with van der Waals surface area (Å²) >= 11 is 0. The van der Waals surface area contributed by atoms with E-state index in [1.54, 1.807) is 0 Å². The zero-order valence-electron chi connectivity index (χ0n) is 13.3. The zero-order chi connectivity index (χ0) is 14.8. The lowest BCUT2D eigenvalue weighted by molar-refractivity contribution is 0.636. The molecule has 0 bridgehead atoms. The molecule has 5 heteroatoms. The number of aromatic nitrogens is 4. The minimum Gasteiger partial charge on any atom is -0.312 e. The number of hydrogen-bond donors (Lipinski definition) is 1. The first-order chi connectivity index (χ1) is 10.2. The van der Waals surface area contributed by atoms with Gasteiger partial charge >= 0.3 is 0 Å². The minimum absolute atomic E-state index is 0.871. The van der Waals surface area contributed by atoms with Gasteiger partial charge in [-0.3, -0.25) is 9.25 Å². The lowest BCUT2D eigenvalue weighted by Gasteiger charge is -2.15. The Morgan fingerprint density at radius 3 is 2.90 bits per heavy atom. The molecule has 2 aromatic heterocycles. The van der Waals surface area contributed by atoms with Gasteiger partial charge in [0.2, 0.25) is 0 Å². The van der Waals surface area contributed by atoms with Gasteiger partial charge in [0, 0.05) is 24.8 Å². The smallest absolute Gasteiger partial charge is 0.140 e. The maximum absolute atomic E-state index is 4.62. The third-order valence-corrected chi connectivity index (χ3v) is 4.30. The molecule has 0 saturated heterocycles. The molecule has 114 valence electrons. The van der Waals surface area contributed by atoms with Crippen LogP contribution in [0.3, 0.4) is 0 Å². The third-order valence-electron chi connectivity index (χ3n) is 4.30. The monoisotopic (exact) mass is 287 g/mol. The molecular weight excluding hydrogens is 262 g/mol. The van der Waals surface area contributed by atoms with E-state index in [9.17, 15) is 0 Å². The molecule has 3 rings (SSSR count). The number of hydrogen-bond acceptors (Lipinski definition) is 3. The van der Waals surface area contributed by atoms with E-state index in [-0.39, 0.29) is 0 Å². The van der Waals surface area contributed by atoms with E-state index < -0.39 is 0 Å². The SMILES string of the molecule is CCCNCc1c(C)nn(C)c1-n1cnc2c1CCCC2. The van der Waals surface area contributed by atoms with Gasteiger partial charge in [-0.15, -0.1) is 0 Å². The number of aryl methyl sites for hydroxylation is 3. The molecular formula is C16H25N5. The van der Waals surface area contributed by atoms with Crippen LogP contribution >= 0.6 is 0 Å². The van der Waals surface area contributed by atoms with Gasteiger partial charge in [0.1, 0.15) is 12.1 Å². The predicted octanol–water partition coefficient (Wildman–Crippen LogP) is 2.29. The zero-order valence-corrected chi connectivity index (χ0v) is 13.3. The van der Waals surface area contributed by atoms with Gasteiger partial charge < -0.3 is 5.32 Å². The Morgan fingerprint density at radius 1 is 1.29 bits per heavy atom. The average molecular weight is 287 g/mol. The Labute approximate surface area is 126 Å². The molecule has 1 aliphatic carbocycles. The molecule has 0 fully saturated rings. The number of fused-ring (bicyclic) bond motifs is 1. The summed E-state index contributed by atoms with van der Waals surface area (Å²) in [5.74, 6) is 1.17. The largest absolute Gasteiger partial charge is 0.312 e. The Bertz CT molecular complexity index is 623. The van der Waals surface area contributed by atoms with Crippen LogP contribution in [0.5, 0.6) is 0 Å². The van der Waals surface area contributed by atoms with E-state index in [4.69, 9.17) is 0 Å². The molecule has 0 saturated carbocycles. The minimum atomic E-state index is 0.871. The highest BCUT2D eigenvalue weighted by Crippen LogP contribution is 2.25. The van der Waals surface area contributed by atoms with Crippen molar-refractivity contribution in [3.63, 3.8) is 0 Å². The quantitative estimate of drug-likeness (QED) is 0.858. The Morgan fingerprint density at radius 2 is 2.10 bits per heavy atom. The molecule has 0 radical (unpaired) electrons. The average Bonchev–Trinajstić information content (AvgIpc) is 3.01. The molecule has 1 aliphatic rings. The van der Waals surface area contributed by atoms with Gasteiger partial charge in [0.05, 0.1) is 11.4 Å². The van der Waals surface area contributed by atoms with Gasteiger partial charge in [-0.2, -0.15) is 5.10 Å². The molecule has 0 aromatic carbocycles. The number of nitrogens with zero attached hydrogens (tertiary/aromatic N) is 4. The van der Waals surface area contributed by atoms with Gasteiger partial charge in [-0.05, 0) is 45.6 Å². The van der Waals surface area contributed by atoms with Crippen molar-refractivity contribution in [1.82, 2.24) is 24.6 Å². The summed E-state index contributed by atoms with van der Waals surface area (Å²) in [6.07, 6.45) is 7.90. The molecule has 2 heterocycles. The topological polar surface area (TPSA) is 47.7 Å². The molecule has 0 unspecified atom stereocenters. The van der Waals surface area contributed by atoms with Gasteiger partial charge in [0.25, 0.3) is 0 Å². The van der Waals surface area contributed by atoms with Crippen LogP contribution in [0.2, 0.25) is 0 Å². The van der Waals surface area contributed by atoms with Crippen molar-refractivity contribution in [1.29, 1.82) is 0 Å². The van der Waals surface area contributed by atoms with E-state index in [0.717, 1.165) is 38.0 Å². The van der Waals surface area contributed by atoms with E-state index in [1.165, 1.54) is 35.6 Å². The van der Waals surface area contributed by atoms with Crippen LogP contribution in [0, 0.1) is 6.92 Å². The fourth-order valence-corrected chi connectivity index (χ4v) is 3.24. The summed E-state index contributed by atoms with van der Waals surface area (Å²) in [6.45, 7) is 6.19. The van der Waals surface area contributed by atoms with Crippen LogP contribution in [-0.2, 0) is 26.4 Å². The highest BCUT2D eigenvalue weighted by Gasteiger charge is 2.21. The molecule has 0 atom stereocenters. The van der Waals surface area contributed by atoms with E-state index >= 15 is 0 Å². The Balaban J connectivity index is 1.99. The Hall–Kier alpha value is -1.62. The van der Waals surface area contributed by atoms with Crippen LogP contribution in [-0.4, -0.2) is 25.9 Å². The summed E-state index contributed by atoms with van der Waals surface area (Å²) in [4.78, 5) is 4.62. The second kappa shape index (κ2) is 6.02. The van der Waals surface area contributed by atoms with E-state index in [2.05, 4.69) is 33.8 Å². The second-order valence-corrected chi connectivity index (χ2v) is 5.90. The van der Waals surface area contributed by atoms with Crippen LogP contribution in [0.15, 0.2) is 6.33 Å². The van der Waals surface area contributed by atoms with Crippen molar-refractivity contribution in [3.8, 4) is 5.82 Å². The van der Waals surface area contributed by atoms with Crippen LogP contribution in [0.4, 0.5) is 0 Å². The lowest BCUT2D eigenvalue weighted by atomic mass is 10.0. The third kappa shape index (κ3) is 2.62. The number of imidazole rings is 1. The molecule has 21 heavy (non-hydrogen) atoms. The molecule has 0 aliphatic heterocycles. The van der Waals surface area contributed by atoms with Crippen molar-refractivity contribution in [2.75, 3.05) is 6.54 Å². The number of nitrogens with one attached hydrogen (secondary N) is 1. The van der Waals surface area contributed by atoms with Crippen molar-refractivity contribution in [2.45, 2.75) is 52.5 Å². The molecule has 2 aromatic rings. The van der Waals surface area contributed by atoms with Crippen molar-refractivity contribution in [2.24, 2.45) is 7.05 Å². The second-order valence-electron chi connectivity index (χ2n) is 5.90. The van der Waals surface area contributed by atoms with Crippen molar-refractivity contribution < 1.29 is 0 Å². The van der Waals surface area contributed by atoms with Crippen LogP contribution < -0.4 is 5.32 Å². The molecule has 1 N–H and O–H groups in total.